The zero-order valence-corrected chi connectivity index (χ0v) is 19.6. The van der Waals surface area contributed by atoms with Gasteiger partial charge in [-0.3, -0.25) is 4.79 Å². The van der Waals surface area contributed by atoms with Crippen molar-refractivity contribution in [3.63, 3.8) is 0 Å². The normalized spacial score (nSPS) is 27.2. The first-order valence-electron chi connectivity index (χ1n) is 10.3. The summed E-state index contributed by atoms with van der Waals surface area (Å²) in [7, 11) is 1.96. The van der Waals surface area contributed by atoms with Crippen LogP contribution < -0.4 is 10.6 Å². The molecule has 10 heteroatoms. The molecular formula is C19H32IN7O2. The number of aliphatic imine (C=N–C) groups is 1. The number of piperidine rings is 1. The Morgan fingerprint density at radius 3 is 2.93 bits per heavy atom. The van der Waals surface area contributed by atoms with Gasteiger partial charge in [-0.15, -0.1) is 34.2 Å². The Bertz CT molecular complexity index is 747. The molecule has 4 heterocycles. The van der Waals surface area contributed by atoms with Crippen molar-refractivity contribution in [2.75, 3.05) is 32.8 Å². The van der Waals surface area contributed by atoms with E-state index in [0.717, 1.165) is 76.1 Å². The lowest BCUT2D eigenvalue weighted by Gasteiger charge is -2.41. The zero-order valence-electron chi connectivity index (χ0n) is 17.3. The third kappa shape index (κ3) is 5.19. The van der Waals surface area contributed by atoms with E-state index < -0.39 is 0 Å². The fourth-order valence-electron chi connectivity index (χ4n) is 4.44. The van der Waals surface area contributed by atoms with Gasteiger partial charge in [-0.1, -0.05) is 0 Å². The minimum atomic E-state index is 0. The summed E-state index contributed by atoms with van der Waals surface area (Å²) in [5, 5.41) is 14.9. The Morgan fingerprint density at radius 2 is 2.28 bits per heavy atom. The van der Waals surface area contributed by atoms with Gasteiger partial charge in [0.1, 0.15) is 12.4 Å². The number of hydrogen-bond donors (Lipinski definition) is 2. The predicted octanol–water partition coefficient (Wildman–Crippen LogP) is 0.968. The summed E-state index contributed by atoms with van der Waals surface area (Å²) in [6, 6.07) is 0. The van der Waals surface area contributed by atoms with Gasteiger partial charge in [-0.25, -0.2) is 4.99 Å². The number of halogens is 1. The molecule has 1 spiro atoms. The van der Waals surface area contributed by atoms with Crippen molar-refractivity contribution in [2.45, 2.75) is 51.7 Å². The maximum atomic E-state index is 11.8. The highest BCUT2D eigenvalue weighted by Gasteiger charge is 2.42. The molecular weight excluding hydrogens is 485 g/mol. The number of aryl methyl sites for hydroxylation is 1. The van der Waals surface area contributed by atoms with Gasteiger partial charge in [-0.05, 0) is 32.6 Å². The monoisotopic (exact) mass is 517 g/mol. The van der Waals surface area contributed by atoms with Gasteiger partial charge in [-0.2, -0.15) is 0 Å². The number of ether oxygens (including phenoxy) is 1. The molecule has 3 aliphatic rings. The topological polar surface area (TPSA) is 96.7 Å². The molecule has 0 aromatic carbocycles. The smallest absolute Gasteiger partial charge is 0.220 e. The zero-order chi connectivity index (χ0) is 19.6. The quantitative estimate of drug-likeness (QED) is 0.351. The van der Waals surface area contributed by atoms with Crippen LogP contribution in [-0.4, -0.2) is 70.4 Å². The van der Waals surface area contributed by atoms with Gasteiger partial charge in [0.2, 0.25) is 5.91 Å². The molecule has 0 saturated carbocycles. The summed E-state index contributed by atoms with van der Waals surface area (Å²) in [6.07, 6.45) is 5.23. The van der Waals surface area contributed by atoms with Gasteiger partial charge < -0.3 is 24.8 Å². The number of amides is 1. The fourth-order valence-corrected chi connectivity index (χ4v) is 4.44. The van der Waals surface area contributed by atoms with Crippen molar-refractivity contribution in [3.05, 3.63) is 11.6 Å². The number of guanidine groups is 1. The molecule has 1 aromatic rings. The number of aromatic nitrogens is 3. The van der Waals surface area contributed by atoms with Gasteiger partial charge in [0, 0.05) is 51.7 Å². The Morgan fingerprint density at radius 1 is 1.41 bits per heavy atom. The van der Waals surface area contributed by atoms with E-state index in [0.29, 0.717) is 13.0 Å². The summed E-state index contributed by atoms with van der Waals surface area (Å²) in [6.45, 7) is 6.59. The molecule has 1 aromatic heterocycles. The fraction of sp³-hybridized carbons (Fsp3) is 0.789. The average molecular weight is 517 g/mol. The van der Waals surface area contributed by atoms with Crippen molar-refractivity contribution in [3.8, 4) is 0 Å². The lowest BCUT2D eigenvalue weighted by atomic mass is 9.79. The van der Waals surface area contributed by atoms with Crippen LogP contribution in [0.1, 0.15) is 43.8 Å². The van der Waals surface area contributed by atoms with Crippen molar-refractivity contribution in [1.29, 1.82) is 0 Å². The highest BCUT2D eigenvalue weighted by molar-refractivity contribution is 14.0. The van der Waals surface area contributed by atoms with Gasteiger partial charge in [0.15, 0.2) is 11.8 Å². The van der Waals surface area contributed by atoms with E-state index in [1.165, 1.54) is 0 Å². The number of rotatable bonds is 4. The molecule has 0 radical (unpaired) electrons. The standard InChI is InChI=1S/C19H31N7O2.HI/c1-14-23-24-16(25(14)2)11-21-18(20-10-15-5-3-8-28-15)26-7-4-6-19(13-26)9-17(27)22-12-19;/h15H,3-13H2,1-2H3,(H,20,21)(H,22,27);1H. The first-order chi connectivity index (χ1) is 13.5. The molecule has 3 aliphatic heterocycles. The Kier molecular flexibility index (Phi) is 7.36. The number of hydrogen-bond acceptors (Lipinski definition) is 5. The molecule has 2 unspecified atom stereocenters. The molecule has 29 heavy (non-hydrogen) atoms. The molecule has 2 atom stereocenters. The molecule has 4 rings (SSSR count). The van der Waals surface area contributed by atoms with E-state index in [2.05, 4.69) is 25.7 Å². The van der Waals surface area contributed by atoms with Crippen LogP contribution in [0.3, 0.4) is 0 Å². The number of carbonyl (C=O) groups is 1. The molecule has 0 bridgehead atoms. The summed E-state index contributed by atoms with van der Waals surface area (Å²) in [5.74, 6) is 2.78. The third-order valence-corrected chi connectivity index (χ3v) is 6.22. The second-order valence-electron chi connectivity index (χ2n) is 8.36. The van der Waals surface area contributed by atoms with Crippen LogP contribution in [0.4, 0.5) is 0 Å². The summed E-state index contributed by atoms with van der Waals surface area (Å²) in [5.41, 5.74) is 0.0308. The first kappa shape index (κ1) is 22.3. The third-order valence-electron chi connectivity index (χ3n) is 6.22. The molecule has 3 fully saturated rings. The Balaban J connectivity index is 0.00000240. The van der Waals surface area contributed by atoms with Crippen molar-refractivity contribution in [1.82, 2.24) is 30.3 Å². The molecule has 0 aliphatic carbocycles. The lowest BCUT2D eigenvalue weighted by molar-refractivity contribution is -0.119. The largest absolute Gasteiger partial charge is 0.376 e. The number of nitrogens with one attached hydrogen (secondary N) is 2. The Labute approximate surface area is 189 Å². The van der Waals surface area contributed by atoms with E-state index in [-0.39, 0.29) is 41.4 Å². The van der Waals surface area contributed by atoms with Crippen molar-refractivity contribution in [2.24, 2.45) is 17.5 Å². The van der Waals surface area contributed by atoms with Crippen LogP contribution in [0.15, 0.2) is 4.99 Å². The lowest BCUT2D eigenvalue weighted by Crippen LogP contribution is -2.52. The molecule has 2 N–H and O–H groups in total. The predicted molar refractivity (Wildman–Crippen MR) is 120 cm³/mol. The van der Waals surface area contributed by atoms with E-state index in [4.69, 9.17) is 9.73 Å². The second-order valence-corrected chi connectivity index (χ2v) is 8.36. The molecule has 1 amide bonds. The summed E-state index contributed by atoms with van der Waals surface area (Å²) < 4.78 is 7.74. The summed E-state index contributed by atoms with van der Waals surface area (Å²) in [4.78, 5) is 19.0. The highest BCUT2D eigenvalue weighted by atomic mass is 127. The maximum Gasteiger partial charge on any atom is 0.220 e. The summed E-state index contributed by atoms with van der Waals surface area (Å²) >= 11 is 0. The van der Waals surface area contributed by atoms with Crippen LogP contribution in [0.25, 0.3) is 0 Å². The number of likely N-dealkylation sites (tertiary alicyclic amines) is 1. The van der Waals surface area contributed by atoms with Crippen LogP contribution in [0, 0.1) is 12.3 Å². The van der Waals surface area contributed by atoms with Gasteiger partial charge >= 0.3 is 0 Å². The van der Waals surface area contributed by atoms with E-state index in [1.807, 2.05) is 18.5 Å². The highest BCUT2D eigenvalue weighted by Crippen LogP contribution is 2.36. The molecule has 3 saturated heterocycles. The van der Waals surface area contributed by atoms with E-state index >= 15 is 0 Å². The molecule has 162 valence electrons. The second kappa shape index (κ2) is 9.59. The van der Waals surface area contributed by atoms with E-state index in [1.54, 1.807) is 0 Å². The van der Waals surface area contributed by atoms with Crippen molar-refractivity contribution < 1.29 is 9.53 Å². The minimum Gasteiger partial charge on any atom is -0.376 e. The van der Waals surface area contributed by atoms with Crippen LogP contribution in [-0.2, 0) is 23.1 Å². The number of nitrogens with zero attached hydrogens (tertiary/aromatic N) is 5. The van der Waals surface area contributed by atoms with Crippen LogP contribution >= 0.6 is 24.0 Å². The average Bonchev–Trinajstić information content (AvgIpc) is 3.40. The van der Waals surface area contributed by atoms with Gasteiger partial charge in [0.25, 0.3) is 0 Å². The van der Waals surface area contributed by atoms with Crippen LogP contribution in [0.5, 0.6) is 0 Å². The van der Waals surface area contributed by atoms with Crippen LogP contribution in [0.2, 0.25) is 0 Å². The molecule has 9 nitrogen and oxygen atoms in total. The SMILES string of the molecule is Cc1nnc(CN=C(NCC2CCCO2)N2CCCC3(CNC(=O)C3)C2)n1C.I. The maximum absolute atomic E-state index is 11.8. The van der Waals surface area contributed by atoms with Gasteiger partial charge in [0.05, 0.1) is 6.10 Å². The minimum absolute atomic E-state index is 0. The number of carbonyl (C=O) groups excluding carboxylic acids is 1. The Hall–Kier alpha value is -1.43. The van der Waals surface area contributed by atoms with E-state index in [9.17, 15) is 4.79 Å². The first-order valence-corrected chi connectivity index (χ1v) is 10.3. The van der Waals surface area contributed by atoms with Crippen molar-refractivity contribution >= 4 is 35.8 Å².